The van der Waals surface area contributed by atoms with Crippen LogP contribution in [0.15, 0.2) is 10.6 Å². The lowest BCUT2D eigenvalue weighted by molar-refractivity contribution is 0.146. The van der Waals surface area contributed by atoms with Crippen LogP contribution in [0, 0.1) is 5.92 Å². The topological polar surface area (TPSA) is 41.3 Å². The predicted octanol–water partition coefficient (Wildman–Crippen LogP) is 2.06. The predicted molar refractivity (Wildman–Crippen MR) is 72.4 cm³/mol. The van der Waals surface area contributed by atoms with Crippen LogP contribution in [-0.2, 0) is 13.0 Å². The molecular formula is C14H25N3O. The summed E-state index contributed by atoms with van der Waals surface area (Å²) < 4.78 is 5.71. The number of likely N-dealkylation sites (tertiary alicyclic amines) is 1. The van der Waals surface area contributed by atoms with Gasteiger partial charge in [0.2, 0.25) is 0 Å². The summed E-state index contributed by atoms with van der Waals surface area (Å²) in [5.74, 6) is 2.58. The molecule has 2 rings (SSSR count). The first-order valence-electron chi connectivity index (χ1n) is 7.01. The van der Waals surface area contributed by atoms with E-state index < -0.39 is 0 Å². The Balaban J connectivity index is 1.80. The lowest BCUT2D eigenvalue weighted by Crippen LogP contribution is -2.38. The van der Waals surface area contributed by atoms with Crippen molar-refractivity contribution in [3.8, 4) is 0 Å². The summed E-state index contributed by atoms with van der Waals surface area (Å²) in [6.45, 7) is 7.74. The van der Waals surface area contributed by atoms with E-state index in [1.807, 2.05) is 13.2 Å². The molecule has 0 aliphatic carbocycles. The molecule has 1 aliphatic heterocycles. The number of hydrogen-bond acceptors (Lipinski definition) is 4. The number of rotatable bonds is 5. The second-order valence-corrected chi connectivity index (χ2v) is 5.53. The van der Waals surface area contributed by atoms with Gasteiger partial charge in [0, 0.05) is 12.5 Å². The Hall–Kier alpha value is -0.870. The van der Waals surface area contributed by atoms with Gasteiger partial charge in [0.05, 0.1) is 12.7 Å². The first kappa shape index (κ1) is 13.6. The summed E-state index contributed by atoms with van der Waals surface area (Å²) in [6.07, 6.45) is 5.37. The summed E-state index contributed by atoms with van der Waals surface area (Å²) in [7, 11) is 1.92. The van der Waals surface area contributed by atoms with E-state index in [-0.39, 0.29) is 0 Å². The normalized spacial score (nSPS) is 18.7. The first-order chi connectivity index (χ1) is 8.69. The Bertz CT molecular complexity index is 354. The number of nitrogens with zero attached hydrogens (tertiary/aromatic N) is 2. The summed E-state index contributed by atoms with van der Waals surface area (Å²) in [5.41, 5.74) is 0. The third-order valence-electron chi connectivity index (χ3n) is 3.80. The Labute approximate surface area is 110 Å². The zero-order valence-electron chi connectivity index (χ0n) is 11.8. The highest BCUT2D eigenvalue weighted by Crippen LogP contribution is 2.22. The molecule has 0 spiro atoms. The molecule has 0 saturated carbocycles. The molecule has 1 saturated heterocycles. The van der Waals surface area contributed by atoms with Crippen LogP contribution in [0.2, 0.25) is 0 Å². The number of nitrogens with one attached hydrogen (secondary N) is 1. The van der Waals surface area contributed by atoms with Crippen molar-refractivity contribution in [2.45, 2.75) is 45.7 Å². The molecule has 0 aromatic carbocycles. The molecule has 4 heteroatoms. The fraction of sp³-hybridized carbons (Fsp3) is 0.786. The van der Waals surface area contributed by atoms with Gasteiger partial charge in [-0.15, -0.1) is 0 Å². The van der Waals surface area contributed by atoms with E-state index in [9.17, 15) is 0 Å². The van der Waals surface area contributed by atoms with E-state index >= 15 is 0 Å². The smallest absolute Gasteiger partial charge is 0.194 e. The first-order valence-corrected chi connectivity index (χ1v) is 7.01. The fourth-order valence-electron chi connectivity index (χ4n) is 2.62. The molecule has 1 N–H and O–H groups in total. The van der Waals surface area contributed by atoms with Gasteiger partial charge in [-0.2, -0.15) is 0 Å². The molecular weight excluding hydrogens is 226 g/mol. The summed E-state index contributed by atoms with van der Waals surface area (Å²) >= 11 is 0. The molecule has 1 aromatic heterocycles. The van der Waals surface area contributed by atoms with Crippen LogP contribution in [0.4, 0.5) is 0 Å². The number of hydrogen-bond donors (Lipinski definition) is 1. The molecule has 1 fully saturated rings. The number of aromatic nitrogens is 1. The van der Waals surface area contributed by atoms with Crippen molar-refractivity contribution in [3.63, 3.8) is 0 Å². The van der Waals surface area contributed by atoms with E-state index in [0.717, 1.165) is 30.5 Å². The number of oxazole rings is 1. The van der Waals surface area contributed by atoms with Gasteiger partial charge in [0.1, 0.15) is 5.76 Å². The molecule has 18 heavy (non-hydrogen) atoms. The number of piperidine rings is 1. The van der Waals surface area contributed by atoms with Crippen LogP contribution in [0.1, 0.15) is 38.3 Å². The molecule has 102 valence electrons. The standard InChI is InChI=1S/C14H25N3O/c1-11(2)17-6-4-12(5-7-17)8-14-16-10-13(18-14)9-15-3/h10-12,15H,4-9H2,1-3H3. The Kier molecular flexibility index (Phi) is 4.78. The molecule has 1 aromatic rings. The lowest BCUT2D eigenvalue weighted by Gasteiger charge is -2.34. The molecule has 4 nitrogen and oxygen atoms in total. The van der Waals surface area contributed by atoms with Gasteiger partial charge in [-0.1, -0.05) is 0 Å². The van der Waals surface area contributed by atoms with E-state index in [4.69, 9.17) is 4.42 Å². The van der Waals surface area contributed by atoms with E-state index in [1.54, 1.807) is 0 Å². The molecule has 0 bridgehead atoms. The van der Waals surface area contributed by atoms with Crippen molar-refractivity contribution in [1.82, 2.24) is 15.2 Å². The third kappa shape index (κ3) is 3.56. The maximum atomic E-state index is 5.71. The van der Waals surface area contributed by atoms with Crippen LogP contribution in [0.5, 0.6) is 0 Å². The zero-order chi connectivity index (χ0) is 13.0. The lowest BCUT2D eigenvalue weighted by atomic mass is 9.93. The Morgan fingerprint density at radius 1 is 1.44 bits per heavy atom. The Morgan fingerprint density at radius 3 is 2.78 bits per heavy atom. The van der Waals surface area contributed by atoms with Gasteiger partial charge in [0.25, 0.3) is 0 Å². The fourth-order valence-corrected chi connectivity index (χ4v) is 2.62. The minimum Gasteiger partial charge on any atom is -0.444 e. The highest BCUT2D eigenvalue weighted by Gasteiger charge is 2.22. The largest absolute Gasteiger partial charge is 0.444 e. The van der Waals surface area contributed by atoms with E-state index in [1.165, 1.54) is 25.9 Å². The molecule has 0 unspecified atom stereocenters. The highest BCUT2D eigenvalue weighted by molar-refractivity contribution is 4.95. The van der Waals surface area contributed by atoms with Gasteiger partial charge in [0.15, 0.2) is 5.89 Å². The molecule has 0 amide bonds. The van der Waals surface area contributed by atoms with E-state index in [0.29, 0.717) is 6.04 Å². The van der Waals surface area contributed by atoms with Crippen molar-refractivity contribution in [3.05, 3.63) is 17.8 Å². The van der Waals surface area contributed by atoms with Gasteiger partial charge < -0.3 is 14.6 Å². The van der Waals surface area contributed by atoms with Gasteiger partial charge in [-0.25, -0.2) is 4.98 Å². The van der Waals surface area contributed by atoms with Gasteiger partial charge >= 0.3 is 0 Å². The van der Waals surface area contributed by atoms with Crippen molar-refractivity contribution in [2.24, 2.45) is 5.92 Å². The highest BCUT2D eigenvalue weighted by atomic mass is 16.4. The van der Waals surface area contributed by atoms with Crippen LogP contribution in [0.3, 0.4) is 0 Å². The maximum Gasteiger partial charge on any atom is 0.194 e. The minimum absolute atomic E-state index is 0.676. The monoisotopic (exact) mass is 251 g/mol. The summed E-state index contributed by atoms with van der Waals surface area (Å²) in [6, 6.07) is 0.676. The summed E-state index contributed by atoms with van der Waals surface area (Å²) in [5, 5.41) is 3.08. The Morgan fingerprint density at radius 2 is 2.17 bits per heavy atom. The quantitative estimate of drug-likeness (QED) is 0.869. The van der Waals surface area contributed by atoms with Crippen LogP contribution in [-0.4, -0.2) is 36.1 Å². The van der Waals surface area contributed by atoms with Crippen molar-refractivity contribution >= 4 is 0 Å². The summed E-state index contributed by atoms with van der Waals surface area (Å²) in [4.78, 5) is 6.92. The van der Waals surface area contributed by atoms with Gasteiger partial charge in [-0.3, -0.25) is 0 Å². The van der Waals surface area contributed by atoms with Crippen LogP contribution >= 0.6 is 0 Å². The maximum absolute atomic E-state index is 5.71. The second kappa shape index (κ2) is 6.34. The van der Waals surface area contributed by atoms with Crippen molar-refractivity contribution < 1.29 is 4.42 Å². The molecule has 0 atom stereocenters. The molecule has 2 heterocycles. The SMILES string of the molecule is CNCc1cnc(CC2CCN(C(C)C)CC2)o1. The van der Waals surface area contributed by atoms with E-state index in [2.05, 4.69) is 29.0 Å². The minimum atomic E-state index is 0.676. The van der Waals surface area contributed by atoms with Crippen LogP contribution in [0.25, 0.3) is 0 Å². The average Bonchev–Trinajstić information content (AvgIpc) is 2.78. The van der Waals surface area contributed by atoms with Crippen molar-refractivity contribution in [1.29, 1.82) is 0 Å². The third-order valence-corrected chi connectivity index (χ3v) is 3.80. The zero-order valence-corrected chi connectivity index (χ0v) is 11.8. The average molecular weight is 251 g/mol. The molecule has 0 radical (unpaired) electrons. The molecule has 1 aliphatic rings. The van der Waals surface area contributed by atoms with Gasteiger partial charge in [-0.05, 0) is 52.7 Å². The second-order valence-electron chi connectivity index (χ2n) is 5.53. The van der Waals surface area contributed by atoms with Crippen LogP contribution < -0.4 is 5.32 Å². The van der Waals surface area contributed by atoms with Crippen molar-refractivity contribution in [2.75, 3.05) is 20.1 Å².